The molecular weight excluding hydrogens is 203 g/mol. The molecule has 0 fully saturated rings. The maximum atomic E-state index is 12.3. The van der Waals surface area contributed by atoms with Crippen LogP contribution in [-0.4, -0.2) is 30.3 Å². The third-order valence-electron chi connectivity index (χ3n) is 2.50. The van der Waals surface area contributed by atoms with Crippen molar-refractivity contribution >= 4 is 11.9 Å². The number of hydrogen-bond acceptors (Lipinski definition) is 3. The molecule has 5 heteroatoms. The Morgan fingerprint density at radius 3 is 2.27 bits per heavy atom. The van der Waals surface area contributed by atoms with Crippen molar-refractivity contribution in [3.05, 3.63) is 0 Å². The molecule has 0 aliphatic carbocycles. The van der Waals surface area contributed by atoms with E-state index in [1.54, 1.807) is 20.8 Å². The van der Waals surface area contributed by atoms with Crippen LogP contribution in [0.5, 0.6) is 0 Å². The highest BCUT2D eigenvalue weighted by molar-refractivity contribution is 5.99. The molecule has 0 aromatic carbocycles. The molecule has 1 atom stereocenters. The first kappa shape index (κ1) is 13.9. The summed E-state index contributed by atoms with van der Waals surface area (Å²) in [6, 6.07) is 0. The summed E-state index contributed by atoms with van der Waals surface area (Å²) in [4.78, 5) is 22.7. The van der Waals surface area contributed by atoms with Crippen molar-refractivity contribution in [2.75, 3.05) is 13.3 Å². The van der Waals surface area contributed by atoms with Gasteiger partial charge < -0.3 is 9.84 Å². The summed E-state index contributed by atoms with van der Waals surface area (Å²) in [6.07, 6.45) is -0.348. The van der Waals surface area contributed by atoms with Gasteiger partial charge in [0.1, 0.15) is 0 Å². The van der Waals surface area contributed by atoms with E-state index in [4.69, 9.17) is 9.84 Å². The van der Waals surface area contributed by atoms with E-state index >= 15 is 0 Å². The second-order valence-electron chi connectivity index (χ2n) is 3.59. The van der Waals surface area contributed by atoms with Crippen LogP contribution in [-0.2, 0) is 14.3 Å². The van der Waals surface area contributed by atoms with Gasteiger partial charge in [0.05, 0.1) is 13.3 Å². The van der Waals surface area contributed by atoms with Crippen molar-refractivity contribution < 1.29 is 23.8 Å². The fourth-order valence-electron chi connectivity index (χ4n) is 1.48. The Balaban J connectivity index is 5.11. The second kappa shape index (κ2) is 5.68. The minimum Gasteiger partial charge on any atom is -0.480 e. The Hall–Kier alpha value is -1.13. The lowest BCUT2D eigenvalue weighted by Crippen LogP contribution is -2.45. The summed E-state index contributed by atoms with van der Waals surface area (Å²) in [5.74, 6) is -2.69. The van der Waals surface area contributed by atoms with Gasteiger partial charge in [-0.1, -0.05) is 13.8 Å². The largest absolute Gasteiger partial charge is 0.480 e. The number of carboxylic acid groups (broad SMARTS) is 1. The molecule has 0 spiro atoms. The van der Waals surface area contributed by atoms with Crippen molar-refractivity contribution in [3.63, 3.8) is 0 Å². The first-order valence-electron chi connectivity index (χ1n) is 4.90. The summed E-state index contributed by atoms with van der Waals surface area (Å²) >= 11 is 0. The molecule has 0 aliphatic heterocycles. The van der Waals surface area contributed by atoms with Gasteiger partial charge in [-0.25, -0.2) is 0 Å². The molecule has 0 radical (unpaired) electrons. The minimum absolute atomic E-state index is 0.0901. The van der Waals surface area contributed by atoms with Crippen molar-refractivity contribution in [2.45, 2.75) is 27.2 Å². The highest BCUT2D eigenvalue weighted by Gasteiger charge is 2.50. The lowest BCUT2D eigenvalue weighted by atomic mass is 9.75. The third kappa shape index (κ3) is 2.67. The van der Waals surface area contributed by atoms with Crippen LogP contribution in [0.15, 0.2) is 0 Å². The predicted molar refractivity (Wildman–Crippen MR) is 52.1 cm³/mol. The molecule has 88 valence electrons. The van der Waals surface area contributed by atoms with E-state index < -0.39 is 29.9 Å². The second-order valence-corrected chi connectivity index (χ2v) is 3.59. The van der Waals surface area contributed by atoms with Crippen LogP contribution in [0.3, 0.4) is 0 Å². The molecule has 0 aromatic rings. The number of esters is 1. The standard InChI is InChI=1S/C10H17FO4/c1-4-15-9(14)10(5-6-11,7(2)3)8(12)13/h7H,4-6H2,1-3H3,(H,12,13). The smallest absolute Gasteiger partial charge is 0.323 e. The lowest BCUT2D eigenvalue weighted by Gasteiger charge is -2.29. The summed E-state index contributed by atoms with van der Waals surface area (Å²) in [5, 5.41) is 9.05. The third-order valence-corrected chi connectivity index (χ3v) is 2.50. The summed E-state index contributed by atoms with van der Waals surface area (Å²) in [7, 11) is 0. The monoisotopic (exact) mass is 220 g/mol. The van der Waals surface area contributed by atoms with Crippen LogP contribution in [0.2, 0.25) is 0 Å². The molecule has 0 bridgehead atoms. The zero-order valence-electron chi connectivity index (χ0n) is 9.25. The van der Waals surface area contributed by atoms with Gasteiger partial charge in [0.25, 0.3) is 0 Å². The van der Waals surface area contributed by atoms with Crippen LogP contribution >= 0.6 is 0 Å². The topological polar surface area (TPSA) is 63.6 Å². The van der Waals surface area contributed by atoms with Gasteiger partial charge >= 0.3 is 11.9 Å². The Bertz CT molecular complexity index is 240. The van der Waals surface area contributed by atoms with Gasteiger partial charge in [0.15, 0.2) is 5.41 Å². The molecule has 0 heterocycles. The van der Waals surface area contributed by atoms with Crippen LogP contribution in [0.1, 0.15) is 27.2 Å². The summed E-state index contributed by atoms with van der Waals surface area (Å²) in [6.45, 7) is 3.96. The Morgan fingerprint density at radius 2 is 2.00 bits per heavy atom. The summed E-state index contributed by atoms with van der Waals surface area (Å²) < 4.78 is 17.0. The molecule has 0 amide bonds. The van der Waals surface area contributed by atoms with Crippen molar-refractivity contribution in [1.82, 2.24) is 0 Å². The number of carboxylic acids is 1. The van der Waals surface area contributed by atoms with Gasteiger partial charge in [-0.2, -0.15) is 0 Å². The molecule has 0 aromatic heterocycles. The molecule has 0 aliphatic rings. The molecule has 0 rings (SSSR count). The van der Waals surface area contributed by atoms with E-state index in [0.717, 1.165) is 0 Å². The first-order valence-corrected chi connectivity index (χ1v) is 4.90. The number of carbonyl (C=O) groups excluding carboxylic acids is 1. The average molecular weight is 220 g/mol. The zero-order chi connectivity index (χ0) is 12.1. The SMILES string of the molecule is CCOC(=O)C(CCF)(C(=O)O)C(C)C. The number of carbonyl (C=O) groups is 2. The summed E-state index contributed by atoms with van der Waals surface area (Å²) in [5.41, 5.74) is -1.76. The zero-order valence-corrected chi connectivity index (χ0v) is 9.25. The fraction of sp³-hybridized carbons (Fsp3) is 0.800. The van der Waals surface area contributed by atoms with E-state index in [-0.39, 0.29) is 13.0 Å². The van der Waals surface area contributed by atoms with Crippen LogP contribution in [0.4, 0.5) is 4.39 Å². The van der Waals surface area contributed by atoms with E-state index in [9.17, 15) is 14.0 Å². The number of aliphatic carboxylic acids is 1. The lowest BCUT2D eigenvalue weighted by molar-refractivity contribution is -0.173. The van der Waals surface area contributed by atoms with Crippen molar-refractivity contribution in [1.29, 1.82) is 0 Å². The van der Waals surface area contributed by atoms with Crippen LogP contribution in [0, 0.1) is 11.3 Å². The molecule has 15 heavy (non-hydrogen) atoms. The number of hydrogen-bond donors (Lipinski definition) is 1. The normalized spacial score (nSPS) is 14.7. The van der Waals surface area contributed by atoms with Crippen molar-refractivity contribution in [3.8, 4) is 0 Å². The highest BCUT2D eigenvalue weighted by atomic mass is 19.1. The number of rotatable bonds is 6. The minimum atomic E-state index is -1.76. The highest BCUT2D eigenvalue weighted by Crippen LogP contribution is 2.33. The average Bonchev–Trinajstić information content (AvgIpc) is 2.13. The van der Waals surface area contributed by atoms with Gasteiger partial charge in [0.2, 0.25) is 0 Å². The molecule has 1 unspecified atom stereocenters. The maximum absolute atomic E-state index is 12.3. The van der Waals surface area contributed by atoms with E-state index in [2.05, 4.69) is 0 Å². The molecule has 4 nitrogen and oxygen atoms in total. The molecule has 0 saturated heterocycles. The van der Waals surface area contributed by atoms with Gasteiger partial charge in [-0.05, 0) is 12.8 Å². The Kier molecular flexibility index (Phi) is 5.25. The van der Waals surface area contributed by atoms with E-state index in [1.165, 1.54) is 0 Å². The first-order chi connectivity index (χ1) is 6.93. The number of ether oxygens (including phenoxy) is 1. The van der Waals surface area contributed by atoms with Gasteiger partial charge in [-0.3, -0.25) is 14.0 Å². The van der Waals surface area contributed by atoms with E-state index in [1.807, 2.05) is 0 Å². The predicted octanol–water partition coefficient (Wildman–Crippen LogP) is 1.64. The van der Waals surface area contributed by atoms with Gasteiger partial charge in [0, 0.05) is 6.42 Å². The fourth-order valence-corrected chi connectivity index (χ4v) is 1.48. The van der Waals surface area contributed by atoms with Gasteiger partial charge in [-0.15, -0.1) is 0 Å². The maximum Gasteiger partial charge on any atom is 0.323 e. The molecule has 0 saturated carbocycles. The number of alkyl halides is 1. The molecular formula is C10H17FO4. The number of halogens is 1. The Labute approximate surface area is 88.4 Å². The van der Waals surface area contributed by atoms with E-state index in [0.29, 0.717) is 0 Å². The van der Waals surface area contributed by atoms with Crippen molar-refractivity contribution in [2.24, 2.45) is 11.3 Å². The Morgan fingerprint density at radius 1 is 1.47 bits per heavy atom. The van der Waals surface area contributed by atoms with Crippen LogP contribution < -0.4 is 0 Å². The van der Waals surface area contributed by atoms with Crippen LogP contribution in [0.25, 0.3) is 0 Å². The molecule has 1 N–H and O–H groups in total. The quantitative estimate of drug-likeness (QED) is 0.546.